The first-order valence-corrected chi connectivity index (χ1v) is 6.70. The summed E-state index contributed by atoms with van der Waals surface area (Å²) in [6.45, 7) is 8.15. The highest BCUT2D eigenvalue weighted by atomic mass is 15.4. The fourth-order valence-corrected chi connectivity index (χ4v) is 2.39. The molecule has 0 radical (unpaired) electrons. The van der Waals surface area contributed by atoms with Gasteiger partial charge < -0.3 is 10.2 Å². The van der Waals surface area contributed by atoms with Gasteiger partial charge in [-0.25, -0.2) is 0 Å². The van der Waals surface area contributed by atoms with E-state index in [1.165, 1.54) is 11.1 Å². The van der Waals surface area contributed by atoms with Crippen molar-refractivity contribution >= 4 is 5.95 Å². The number of aromatic nitrogens is 3. The smallest absolute Gasteiger partial charge is 0.245 e. The summed E-state index contributed by atoms with van der Waals surface area (Å²) < 4.78 is 0. The van der Waals surface area contributed by atoms with Gasteiger partial charge in [0.25, 0.3) is 0 Å². The van der Waals surface area contributed by atoms with E-state index in [-0.39, 0.29) is 0 Å². The second kappa shape index (κ2) is 5.01. The Morgan fingerprint density at radius 2 is 1.95 bits per heavy atom. The summed E-state index contributed by atoms with van der Waals surface area (Å²) in [6.07, 6.45) is 0. The van der Waals surface area contributed by atoms with E-state index in [0.29, 0.717) is 0 Å². The van der Waals surface area contributed by atoms with Gasteiger partial charge in [-0.3, -0.25) is 5.10 Å². The maximum Gasteiger partial charge on any atom is 0.245 e. The van der Waals surface area contributed by atoms with E-state index in [1.807, 2.05) is 0 Å². The van der Waals surface area contributed by atoms with E-state index in [9.17, 15) is 0 Å². The molecule has 19 heavy (non-hydrogen) atoms. The van der Waals surface area contributed by atoms with E-state index in [1.54, 1.807) is 0 Å². The van der Waals surface area contributed by atoms with Crippen molar-refractivity contribution in [2.45, 2.75) is 13.8 Å². The van der Waals surface area contributed by atoms with Gasteiger partial charge in [0.05, 0.1) is 0 Å². The Balaban J connectivity index is 1.90. The Hall–Kier alpha value is -1.88. The van der Waals surface area contributed by atoms with Crippen molar-refractivity contribution in [2.24, 2.45) is 0 Å². The molecule has 0 amide bonds. The van der Waals surface area contributed by atoms with Gasteiger partial charge in [-0.1, -0.05) is 18.2 Å². The molecular weight excluding hydrogens is 238 g/mol. The number of aryl methyl sites for hydroxylation is 1. The molecule has 0 atom stereocenters. The van der Waals surface area contributed by atoms with Crippen molar-refractivity contribution in [3.63, 3.8) is 0 Å². The SMILES string of the molecule is Cc1cccc(-c2nc(N3CCNCC3)n[nH]2)c1C. The van der Waals surface area contributed by atoms with Crippen molar-refractivity contribution in [3.05, 3.63) is 29.3 Å². The first-order chi connectivity index (χ1) is 9.25. The number of nitrogens with zero attached hydrogens (tertiary/aromatic N) is 3. The van der Waals surface area contributed by atoms with Crippen molar-refractivity contribution < 1.29 is 0 Å². The molecule has 0 saturated carbocycles. The van der Waals surface area contributed by atoms with Crippen LogP contribution in [-0.2, 0) is 0 Å². The largest absolute Gasteiger partial charge is 0.337 e. The zero-order valence-electron chi connectivity index (χ0n) is 11.4. The molecule has 0 spiro atoms. The highest BCUT2D eigenvalue weighted by Crippen LogP contribution is 2.23. The van der Waals surface area contributed by atoms with Gasteiger partial charge in [0.15, 0.2) is 5.82 Å². The van der Waals surface area contributed by atoms with Gasteiger partial charge in [0.2, 0.25) is 5.95 Å². The molecule has 1 aliphatic heterocycles. The summed E-state index contributed by atoms with van der Waals surface area (Å²) in [6, 6.07) is 6.27. The molecule has 1 aliphatic rings. The number of benzene rings is 1. The molecule has 100 valence electrons. The van der Waals surface area contributed by atoms with Gasteiger partial charge in [-0.15, -0.1) is 5.10 Å². The highest BCUT2D eigenvalue weighted by molar-refractivity contribution is 5.62. The minimum Gasteiger partial charge on any atom is -0.337 e. The number of aromatic amines is 1. The number of H-pyrrole nitrogens is 1. The Bertz CT molecular complexity index is 569. The number of rotatable bonds is 2. The third-order valence-corrected chi connectivity index (χ3v) is 3.73. The second-order valence-electron chi connectivity index (χ2n) is 4.97. The lowest BCUT2D eigenvalue weighted by Gasteiger charge is -2.25. The summed E-state index contributed by atoms with van der Waals surface area (Å²) in [4.78, 5) is 6.85. The minimum atomic E-state index is 0.803. The van der Waals surface area contributed by atoms with Crippen LogP contribution in [0.5, 0.6) is 0 Å². The van der Waals surface area contributed by atoms with Crippen LogP contribution in [0.25, 0.3) is 11.4 Å². The molecule has 2 heterocycles. The summed E-state index contributed by atoms with van der Waals surface area (Å²) in [5.74, 6) is 1.66. The molecule has 2 N–H and O–H groups in total. The Kier molecular flexibility index (Phi) is 3.21. The standard InChI is InChI=1S/C14H19N5/c1-10-4-3-5-12(11(10)2)13-16-14(18-17-13)19-8-6-15-7-9-19/h3-5,15H,6-9H2,1-2H3,(H,16,17,18). The average Bonchev–Trinajstić information content (AvgIpc) is 2.92. The Morgan fingerprint density at radius 3 is 2.74 bits per heavy atom. The summed E-state index contributed by atoms with van der Waals surface area (Å²) in [7, 11) is 0. The maximum atomic E-state index is 4.64. The quantitative estimate of drug-likeness (QED) is 0.856. The van der Waals surface area contributed by atoms with Crippen LogP contribution in [-0.4, -0.2) is 41.4 Å². The van der Waals surface area contributed by atoms with Gasteiger partial charge in [-0.2, -0.15) is 4.98 Å². The molecule has 0 aliphatic carbocycles. The van der Waals surface area contributed by atoms with E-state index >= 15 is 0 Å². The van der Waals surface area contributed by atoms with E-state index in [0.717, 1.165) is 43.5 Å². The van der Waals surface area contributed by atoms with Gasteiger partial charge in [0.1, 0.15) is 0 Å². The molecule has 1 aromatic heterocycles. The van der Waals surface area contributed by atoms with Crippen LogP contribution in [0.2, 0.25) is 0 Å². The van der Waals surface area contributed by atoms with Gasteiger partial charge >= 0.3 is 0 Å². The van der Waals surface area contributed by atoms with Crippen molar-refractivity contribution in [1.29, 1.82) is 0 Å². The van der Waals surface area contributed by atoms with Gasteiger partial charge in [0, 0.05) is 31.7 Å². The van der Waals surface area contributed by atoms with Crippen LogP contribution in [0, 0.1) is 13.8 Å². The third-order valence-electron chi connectivity index (χ3n) is 3.73. The molecule has 5 heteroatoms. The first kappa shape index (κ1) is 12.2. The predicted octanol–water partition coefficient (Wildman–Crippen LogP) is 1.50. The summed E-state index contributed by atoms with van der Waals surface area (Å²) in [5, 5.41) is 10.7. The molecule has 2 aromatic rings. The Labute approximate surface area is 113 Å². The van der Waals surface area contributed by atoms with Gasteiger partial charge in [-0.05, 0) is 25.0 Å². The number of hydrogen-bond acceptors (Lipinski definition) is 4. The van der Waals surface area contributed by atoms with Crippen molar-refractivity contribution in [2.75, 3.05) is 31.1 Å². The molecule has 3 rings (SSSR count). The van der Waals surface area contributed by atoms with Crippen LogP contribution < -0.4 is 10.2 Å². The van der Waals surface area contributed by atoms with Crippen LogP contribution in [0.1, 0.15) is 11.1 Å². The number of piperazine rings is 1. The third kappa shape index (κ3) is 2.33. The molecule has 1 saturated heterocycles. The molecule has 0 bridgehead atoms. The van der Waals surface area contributed by atoms with Crippen LogP contribution in [0.3, 0.4) is 0 Å². The zero-order valence-corrected chi connectivity index (χ0v) is 11.4. The van der Waals surface area contributed by atoms with Crippen molar-refractivity contribution in [3.8, 4) is 11.4 Å². The molecule has 0 unspecified atom stereocenters. The highest BCUT2D eigenvalue weighted by Gasteiger charge is 2.16. The van der Waals surface area contributed by atoms with Crippen LogP contribution in [0.15, 0.2) is 18.2 Å². The van der Waals surface area contributed by atoms with E-state index < -0.39 is 0 Å². The molecule has 1 aromatic carbocycles. The fourth-order valence-electron chi connectivity index (χ4n) is 2.39. The topological polar surface area (TPSA) is 56.8 Å². The zero-order chi connectivity index (χ0) is 13.2. The molecule has 1 fully saturated rings. The maximum absolute atomic E-state index is 4.64. The molecule has 5 nitrogen and oxygen atoms in total. The monoisotopic (exact) mass is 257 g/mol. The van der Waals surface area contributed by atoms with E-state index in [2.05, 4.69) is 57.4 Å². The average molecular weight is 257 g/mol. The number of hydrogen-bond donors (Lipinski definition) is 2. The lowest BCUT2D eigenvalue weighted by Crippen LogP contribution is -2.44. The number of nitrogens with one attached hydrogen (secondary N) is 2. The lowest BCUT2D eigenvalue weighted by molar-refractivity contribution is 0.580. The van der Waals surface area contributed by atoms with E-state index in [4.69, 9.17) is 0 Å². The summed E-state index contributed by atoms with van der Waals surface area (Å²) >= 11 is 0. The Morgan fingerprint density at radius 1 is 1.16 bits per heavy atom. The molecular formula is C14H19N5. The van der Waals surface area contributed by atoms with Crippen LogP contribution in [0.4, 0.5) is 5.95 Å². The minimum absolute atomic E-state index is 0.803. The summed E-state index contributed by atoms with van der Waals surface area (Å²) in [5.41, 5.74) is 3.66. The fraction of sp³-hybridized carbons (Fsp3) is 0.429. The lowest BCUT2D eigenvalue weighted by atomic mass is 10.0. The predicted molar refractivity (Wildman–Crippen MR) is 76.4 cm³/mol. The second-order valence-corrected chi connectivity index (χ2v) is 4.97. The normalized spacial score (nSPS) is 15.8. The van der Waals surface area contributed by atoms with Crippen LogP contribution >= 0.6 is 0 Å². The number of anilines is 1. The first-order valence-electron chi connectivity index (χ1n) is 6.70. The van der Waals surface area contributed by atoms with Crippen molar-refractivity contribution in [1.82, 2.24) is 20.5 Å².